The molecular formula is C14H17ClFN3O. The summed E-state index contributed by atoms with van der Waals surface area (Å²) in [5, 5.41) is 7.39. The van der Waals surface area contributed by atoms with Gasteiger partial charge in [-0.05, 0) is 37.1 Å². The van der Waals surface area contributed by atoms with Gasteiger partial charge in [0, 0.05) is 12.5 Å². The van der Waals surface area contributed by atoms with Crippen molar-refractivity contribution >= 4 is 12.4 Å². The third kappa shape index (κ3) is 3.55. The first-order valence-corrected chi connectivity index (χ1v) is 6.59. The first-order valence-electron chi connectivity index (χ1n) is 6.59. The molecule has 1 aromatic carbocycles. The Bertz CT molecular complexity index is 538. The summed E-state index contributed by atoms with van der Waals surface area (Å²) in [5.74, 6) is 1.49. The Kier molecular flexibility index (Phi) is 5.09. The average molecular weight is 298 g/mol. The fraction of sp³-hybridized carbons (Fsp3) is 0.429. The van der Waals surface area contributed by atoms with E-state index >= 15 is 0 Å². The molecule has 108 valence electrons. The fourth-order valence-electron chi connectivity index (χ4n) is 2.35. The second kappa shape index (κ2) is 6.81. The highest BCUT2D eigenvalue weighted by Gasteiger charge is 2.20. The van der Waals surface area contributed by atoms with Crippen LogP contribution in [0.25, 0.3) is 0 Å². The molecule has 0 amide bonds. The van der Waals surface area contributed by atoms with Crippen molar-refractivity contribution in [2.45, 2.75) is 25.2 Å². The molecule has 1 aliphatic rings. The lowest BCUT2D eigenvalue weighted by Crippen LogP contribution is -2.28. The van der Waals surface area contributed by atoms with Crippen LogP contribution in [0.3, 0.4) is 0 Å². The largest absolute Gasteiger partial charge is 0.339 e. The van der Waals surface area contributed by atoms with Crippen molar-refractivity contribution in [3.8, 4) is 0 Å². The predicted molar refractivity (Wildman–Crippen MR) is 75.6 cm³/mol. The molecule has 1 aromatic heterocycles. The van der Waals surface area contributed by atoms with Gasteiger partial charge in [0.15, 0.2) is 5.82 Å². The zero-order valence-corrected chi connectivity index (χ0v) is 11.8. The van der Waals surface area contributed by atoms with Gasteiger partial charge in [0.05, 0.1) is 6.42 Å². The van der Waals surface area contributed by atoms with E-state index < -0.39 is 0 Å². The molecule has 1 saturated heterocycles. The Morgan fingerprint density at radius 1 is 1.30 bits per heavy atom. The molecule has 1 aliphatic heterocycles. The van der Waals surface area contributed by atoms with Crippen LogP contribution in [0.5, 0.6) is 0 Å². The number of hydrogen-bond acceptors (Lipinski definition) is 4. The Balaban J connectivity index is 0.00000147. The van der Waals surface area contributed by atoms with Crippen molar-refractivity contribution < 1.29 is 8.91 Å². The number of rotatable bonds is 3. The molecule has 0 unspecified atom stereocenters. The highest BCUT2D eigenvalue weighted by atomic mass is 35.5. The summed E-state index contributed by atoms with van der Waals surface area (Å²) >= 11 is 0. The number of piperidine rings is 1. The summed E-state index contributed by atoms with van der Waals surface area (Å²) in [6.07, 6.45) is 2.79. The fourth-order valence-corrected chi connectivity index (χ4v) is 2.35. The first-order chi connectivity index (χ1) is 9.31. The molecule has 1 N–H and O–H groups in total. The van der Waals surface area contributed by atoms with E-state index in [0.29, 0.717) is 18.2 Å². The van der Waals surface area contributed by atoms with Crippen molar-refractivity contribution in [2.75, 3.05) is 13.1 Å². The van der Waals surface area contributed by atoms with Gasteiger partial charge < -0.3 is 9.84 Å². The zero-order chi connectivity index (χ0) is 13.1. The average Bonchev–Trinajstić information content (AvgIpc) is 2.91. The van der Waals surface area contributed by atoms with Crippen LogP contribution < -0.4 is 5.32 Å². The van der Waals surface area contributed by atoms with Crippen LogP contribution in [0.4, 0.5) is 4.39 Å². The zero-order valence-electron chi connectivity index (χ0n) is 11.0. The molecule has 0 bridgehead atoms. The predicted octanol–water partition coefficient (Wildman–Crippen LogP) is 2.69. The Morgan fingerprint density at radius 3 is 2.80 bits per heavy atom. The number of halogens is 2. The van der Waals surface area contributed by atoms with Gasteiger partial charge in [0.25, 0.3) is 0 Å². The molecule has 0 aliphatic carbocycles. The van der Waals surface area contributed by atoms with E-state index in [9.17, 15) is 4.39 Å². The molecule has 6 heteroatoms. The van der Waals surface area contributed by atoms with E-state index in [1.807, 2.05) is 0 Å². The van der Waals surface area contributed by atoms with Crippen LogP contribution >= 0.6 is 12.4 Å². The molecule has 2 aromatic rings. The molecule has 3 rings (SSSR count). The maximum absolute atomic E-state index is 12.8. The van der Waals surface area contributed by atoms with Crippen molar-refractivity contribution in [3.63, 3.8) is 0 Å². The molecule has 0 radical (unpaired) electrons. The monoisotopic (exact) mass is 297 g/mol. The Labute approximate surface area is 123 Å². The van der Waals surface area contributed by atoms with Crippen LogP contribution in [0, 0.1) is 5.82 Å². The number of aromatic nitrogens is 2. The van der Waals surface area contributed by atoms with E-state index in [2.05, 4.69) is 15.5 Å². The second-order valence-electron chi connectivity index (χ2n) is 4.89. The van der Waals surface area contributed by atoms with Crippen molar-refractivity contribution in [2.24, 2.45) is 0 Å². The van der Waals surface area contributed by atoms with Crippen LogP contribution in [-0.4, -0.2) is 23.2 Å². The topological polar surface area (TPSA) is 51.0 Å². The Morgan fingerprint density at radius 2 is 2.10 bits per heavy atom. The van der Waals surface area contributed by atoms with Gasteiger partial charge in [-0.2, -0.15) is 4.98 Å². The molecule has 1 fully saturated rings. The van der Waals surface area contributed by atoms with Crippen LogP contribution in [0.15, 0.2) is 28.8 Å². The van der Waals surface area contributed by atoms with Gasteiger partial charge in [0.1, 0.15) is 5.82 Å². The third-order valence-corrected chi connectivity index (χ3v) is 3.41. The highest BCUT2D eigenvalue weighted by molar-refractivity contribution is 5.85. The molecular weight excluding hydrogens is 281 g/mol. The SMILES string of the molecule is Cl.Fc1ccc(Cc2nc([C@H]3CCCNC3)no2)cc1. The maximum Gasteiger partial charge on any atom is 0.231 e. The molecule has 2 heterocycles. The number of benzene rings is 1. The maximum atomic E-state index is 12.8. The molecule has 20 heavy (non-hydrogen) atoms. The van der Waals surface area contributed by atoms with Gasteiger partial charge in [-0.3, -0.25) is 0 Å². The van der Waals surface area contributed by atoms with E-state index in [0.717, 1.165) is 37.3 Å². The van der Waals surface area contributed by atoms with Crippen LogP contribution in [-0.2, 0) is 6.42 Å². The first kappa shape index (κ1) is 14.9. The van der Waals surface area contributed by atoms with Gasteiger partial charge in [0.2, 0.25) is 5.89 Å². The van der Waals surface area contributed by atoms with Crippen LogP contribution in [0.2, 0.25) is 0 Å². The minimum absolute atomic E-state index is 0. The van der Waals surface area contributed by atoms with E-state index in [4.69, 9.17) is 4.52 Å². The summed E-state index contributed by atoms with van der Waals surface area (Å²) in [5.41, 5.74) is 0.971. The minimum atomic E-state index is -0.233. The minimum Gasteiger partial charge on any atom is -0.339 e. The van der Waals surface area contributed by atoms with Gasteiger partial charge in [-0.1, -0.05) is 17.3 Å². The normalized spacial score (nSPS) is 18.6. The quantitative estimate of drug-likeness (QED) is 0.946. The lowest BCUT2D eigenvalue weighted by atomic mass is 9.99. The van der Waals surface area contributed by atoms with Crippen molar-refractivity contribution in [1.82, 2.24) is 15.5 Å². The van der Waals surface area contributed by atoms with E-state index in [-0.39, 0.29) is 18.2 Å². The molecule has 0 saturated carbocycles. The lowest BCUT2D eigenvalue weighted by Gasteiger charge is -2.19. The van der Waals surface area contributed by atoms with Gasteiger partial charge in [-0.25, -0.2) is 4.39 Å². The molecule has 1 atom stereocenters. The van der Waals surface area contributed by atoms with Crippen molar-refractivity contribution in [3.05, 3.63) is 47.4 Å². The summed E-state index contributed by atoms with van der Waals surface area (Å²) < 4.78 is 18.1. The summed E-state index contributed by atoms with van der Waals surface area (Å²) in [6.45, 7) is 1.98. The van der Waals surface area contributed by atoms with Gasteiger partial charge in [-0.15, -0.1) is 12.4 Å². The van der Waals surface area contributed by atoms with Crippen molar-refractivity contribution in [1.29, 1.82) is 0 Å². The Hall–Kier alpha value is -1.46. The third-order valence-electron chi connectivity index (χ3n) is 3.41. The summed E-state index contributed by atoms with van der Waals surface area (Å²) in [4.78, 5) is 4.44. The number of hydrogen-bond donors (Lipinski definition) is 1. The van der Waals surface area contributed by atoms with Crippen LogP contribution in [0.1, 0.15) is 36.0 Å². The standard InChI is InChI=1S/C14H16FN3O.ClH/c15-12-5-3-10(4-6-12)8-13-17-14(18-19-13)11-2-1-7-16-9-11;/h3-6,11,16H,1-2,7-9H2;1H/t11-;/m0./s1. The number of nitrogens with zero attached hydrogens (tertiary/aromatic N) is 2. The smallest absolute Gasteiger partial charge is 0.231 e. The second-order valence-corrected chi connectivity index (χ2v) is 4.89. The van der Waals surface area contributed by atoms with Gasteiger partial charge >= 0.3 is 0 Å². The van der Waals surface area contributed by atoms with E-state index in [1.165, 1.54) is 12.1 Å². The molecule has 0 spiro atoms. The lowest BCUT2D eigenvalue weighted by molar-refractivity contribution is 0.366. The summed E-state index contributed by atoms with van der Waals surface area (Å²) in [7, 11) is 0. The van der Waals surface area contributed by atoms with E-state index in [1.54, 1.807) is 12.1 Å². The highest BCUT2D eigenvalue weighted by Crippen LogP contribution is 2.21. The number of nitrogens with one attached hydrogen (secondary N) is 1. The summed E-state index contributed by atoms with van der Waals surface area (Å²) in [6, 6.07) is 6.36. The molecule has 4 nitrogen and oxygen atoms in total.